The molecule has 4 heteroatoms. The monoisotopic (exact) mass is 219 g/mol. The minimum absolute atomic E-state index is 0.698. The van der Waals surface area contributed by atoms with Crippen molar-refractivity contribution in [1.29, 1.82) is 0 Å². The van der Waals surface area contributed by atoms with Crippen LogP contribution < -0.4 is 4.74 Å². The highest BCUT2D eigenvalue weighted by Gasteiger charge is 2.04. The van der Waals surface area contributed by atoms with Gasteiger partial charge in [-0.2, -0.15) is 0 Å². The maximum atomic E-state index is 8.45. The first-order chi connectivity index (χ1) is 7.40. The Kier molecular flexibility index (Phi) is 2.99. The zero-order valence-corrected chi connectivity index (χ0v) is 8.65. The summed E-state index contributed by atoms with van der Waals surface area (Å²) in [4.78, 5) is 0.793. The summed E-state index contributed by atoms with van der Waals surface area (Å²) in [5.41, 5.74) is 0. The van der Waals surface area contributed by atoms with E-state index in [2.05, 4.69) is 5.16 Å². The van der Waals surface area contributed by atoms with Crippen molar-refractivity contribution in [2.24, 2.45) is 5.16 Å². The maximum Gasteiger partial charge on any atom is 0.147 e. The highest BCUT2D eigenvalue weighted by molar-refractivity contribution is 7.12. The van der Waals surface area contributed by atoms with Crippen molar-refractivity contribution < 1.29 is 9.94 Å². The lowest BCUT2D eigenvalue weighted by Gasteiger charge is -2.03. The van der Waals surface area contributed by atoms with Gasteiger partial charge in [0, 0.05) is 0 Å². The van der Waals surface area contributed by atoms with Crippen molar-refractivity contribution in [3.63, 3.8) is 0 Å². The van der Waals surface area contributed by atoms with Crippen LogP contribution in [0.5, 0.6) is 11.5 Å². The largest absolute Gasteiger partial charge is 0.456 e. The Balaban J connectivity index is 2.21. The highest BCUT2D eigenvalue weighted by atomic mass is 32.1. The fourth-order valence-corrected chi connectivity index (χ4v) is 1.83. The number of para-hydroxylation sites is 1. The topological polar surface area (TPSA) is 41.8 Å². The summed E-state index contributed by atoms with van der Waals surface area (Å²) in [6.07, 6.45) is 1.36. The van der Waals surface area contributed by atoms with Crippen LogP contribution in [0.3, 0.4) is 0 Å². The minimum Gasteiger partial charge on any atom is -0.456 e. The zero-order chi connectivity index (χ0) is 10.5. The van der Waals surface area contributed by atoms with Crippen LogP contribution in [0.1, 0.15) is 4.88 Å². The summed E-state index contributed by atoms with van der Waals surface area (Å²) in [5.74, 6) is 1.47. The predicted molar refractivity (Wildman–Crippen MR) is 60.2 cm³/mol. The first-order valence-corrected chi connectivity index (χ1v) is 5.26. The molecule has 0 fully saturated rings. The third-order valence-corrected chi connectivity index (χ3v) is 2.64. The molecular formula is C11H9NO2S. The molecule has 0 spiro atoms. The van der Waals surface area contributed by atoms with Crippen molar-refractivity contribution in [2.75, 3.05) is 0 Å². The number of nitrogens with zero attached hydrogens (tertiary/aromatic N) is 1. The third kappa shape index (κ3) is 2.35. The summed E-state index contributed by atoms with van der Waals surface area (Å²) in [5, 5.41) is 13.3. The van der Waals surface area contributed by atoms with Gasteiger partial charge in [-0.25, -0.2) is 0 Å². The molecular weight excluding hydrogens is 210 g/mol. The van der Waals surface area contributed by atoms with Crippen LogP contribution in [0.4, 0.5) is 0 Å². The second-order valence-corrected chi connectivity index (χ2v) is 3.76. The van der Waals surface area contributed by atoms with Gasteiger partial charge in [0.2, 0.25) is 0 Å². The van der Waals surface area contributed by atoms with E-state index in [0.717, 1.165) is 10.6 Å². The Hall–Kier alpha value is -1.81. The molecule has 0 saturated carbocycles. The molecule has 1 heterocycles. The molecule has 1 aromatic carbocycles. The molecule has 0 aliphatic carbocycles. The summed E-state index contributed by atoms with van der Waals surface area (Å²) >= 11 is 1.46. The second kappa shape index (κ2) is 4.61. The van der Waals surface area contributed by atoms with Crippen LogP contribution >= 0.6 is 11.3 Å². The number of hydrogen-bond donors (Lipinski definition) is 1. The van der Waals surface area contributed by atoms with Gasteiger partial charge < -0.3 is 9.94 Å². The lowest BCUT2D eigenvalue weighted by Crippen LogP contribution is -1.85. The van der Waals surface area contributed by atoms with Gasteiger partial charge in [-0.05, 0) is 23.6 Å². The average Bonchev–Trinajstić information content (AvgIpc) is 2.68. The Morgan fingerprint density at radius 2 is 2.00 bits per heavy atom. The van der Waals surface area contributed by atoms with E-state index in [0.29, 0.717) is 5.75 Å². The van der Waals surface area contributed by atoms with E-state index in [1.807, 2.05) is 41.8 Å². The molecule has 0 saturated heterocycles. The second-order valence-electron chi connectivity index (χ2n) is 2.81. The Morgan fingerprint density at radius 3 is 2.73 bits per heavy atom. The van der Waals surface area contributed by atoms with E-state index in [9.17, 15) is 0 Å². The quantitative estimate of drug-likeness (QED) is 0.488. The van der Waals surface area contributed by atoms with Gasteiger partial charge in [-0.15, -0.1) is 11.3 Å². The first-order valence-electron chi connectivity index (χ1n) is 4.38. The third-order valence-electron chi connectivity index (χ3n) is 1.80. The Bertz CT molecular complexity index is 451. The van der Waals surface area contributed by atoms with E-state index >= 15 is 0 Å². The predicted octanol–water partition coefficient (Wildman–Crippen LogP) is 3.35. The minimum atomic E-state index is 0.698. The van der Waals surface area contributed by atoms with Gasteiger partial charge in [0.25, 0.3) is 0 Å². The maximum absolute atomic E-state index is 8.45. The molecule has 0 unspecified atom stereocenters. The van der Waals surface area contributed by atoms with Gasteiger partial charge in [0.15, 0.2) is 0 Å². The molecule has 0 aliphatic heterocycles. The molecule has 0 amide bonds. The molecule has 15 heavy (non-hydrogen) atoms. The lowest BCUT2D eigenvalue weighted by atomic mass is 10.3. The van der Waals surface area contributed by atoms with Crippen molar-refractivity contribution in [3.8, 4) is 11.5 Å². The summed E-state index contributed by atoms with van der Waals surface area (Å²) in [7, 11) is 0. The molecule has 1 N–H and O–H groups in total. The number of ether oxygens (including phenoxy) is 1. The molecule has 0 aliphatic rings. The smallest absolute Gasteiger partial charge is 0.147 e. The summed E-state index contributed by atoms with van der Waals surface area (Å²) in [6.45, 7) is 0. The van der Waals surface area contributed by atoms with Crippen molar-refractivity contribution in [1.82, 2.24) is 0 Å². The standard InChI is InChI=1S/C11H9NO2S/c13-12-8-11-10(6-7-15-11)14-9-4-2-1-3-5-9/h1-8,13H. The number of thiophene rings is 1. The van der Waals surface area contributed by atoms with E-state index in [1.165, 1.54) is 17.6 Å². The number of rotatable bonds is 3. The average molecular weight is 219 g/mol. The van der Waals surface area contributed by atoms with E-state index < -0.39 is 0 Å². The van der Waals surface area contributed by atoms with Crippen LogP contribution in [0, 0.1) is 0 Å². The lowest BCUT2D eigenvalue weighted by molar-refractivity contribution is 0.321. The van der Waals surface area contributed by atoms with Gasteiger partial charge >= 0.3 is 0 Å². The first kappa shape index (κ1) is 9.73. The van der Waals surface area contributed by atoms with Crippen molar-refractivity contribution in [2.45, 2.75) is 0 Å². The molecule has 2 aromatic rings. The Labute approximate surface area is 91.3 Å². The molecule has 2 rings (SSSR count). The Morgan fingerprint density at radius 1 is 1.20 bits per heavy atom. The summed E-state index contributed by atoms with van der Waals surface area (Å²) in [6, 6.07) is 11.3. The van der Waals surface area contributed by atoms with E-state index in [4.69, 9.17) is 9.94 Å². The number of oxime groups is 1. The molecule has 0 radical (unpaired) electrons. The summed E-state index contributed by atoms with van der Waals surface area (Å²) < 4.78 is 5.61. The van der Waals surface area contributed by atoms with Gasteiger partial charge in [-0.1, -0.05) is 23.4 Å². The van der Waals surface area contributed by atoms with Crippen LogP contribution in [0.25, 0.3) is 0 Å². The van der Waals surface area contributed by atoms with Crippen LogP contribution in [-0.4, -0.2) is 11.4 Å². The van der Waals surface area contributed by atoms with E-state index in [-0.39, 0.29) is 0 Å². The highest BCUT2D eigenvalue weighted by Crippen LogP contribution is 2.28. The molecule has 76 valence electrons. The number of hydrogen-bond acceptors (Lipinski definition) is 4. The molecule has 0 atom stereocenters. The van der Waals surface area contributed by atoms with Gasteiger partial charge in [0.1, 0.15) is 11.5 Å². The van der Waals surface area contributed by atoms with Crippen LogP contribution in [-0.2, 0) is 0 Å². The molecule has 1 aromatic heterocycles. The normalized spacial score (nSPS) is 10.7. The number of benzene rings is 1. The van der Waals surface area contributed by atoms with Gasteiger partial charge in [-0.3, -0.25) is 0 Å². The zero-order valence-electron chi connectivity index (χ0n) is 7.83. The SMILES string of the molecule is ON=Cc1sccc1Oc1ccccc1. The fraction of sp³-hybridized carbons (Fsp3) is 0. The van der Waals surface area contributed by atoms with Gasteiger partial charge in [0.05, 0.1) is 11.1 Å². The van der Waals surface area contributed by atoms with E-state index in [1.54, 1.807) is 0 Å². The molecule has 0 bridgehead atoms. The molecule has 3 nitrogen and oxygen atoms in total. The van der Waals surface area contributed by atoms with Crippen molar-refractivity contribution >= 4 is 17.6 Å². The van der Waals surface area contributed by atoms with Crippen molar-refractivity contribution in [3.05, 3.63) is 46.7 Å². The fourth-order valence-electron chi connectivity index (χ4n) is 1.16. The van der Waals surface area contributed by atoms with Crippen LogP contribution in [0.2, 0.25) is 0 Å². The van der Waals surface area contributed by atoms with Crippen LogP contribution in [0.15, 0.2) is 46.9 Å².